The van der Waals surface area contributed by atoms with Crippen molar-refractivity contribution in [1.82, 2.24) is 0 Å². The highest BCUT2D eigenvalue weighted by atomic mass is 16.4. The molecule has 2 nitrogen and oxygen atoms in total. The van der Waals surface area contributed by atoms with Gasteiger partial charge in [0.2, 0.25) is 5.88 Å². The first-order valence-corrected chi connectivity index (χ1v) is 8.88. The summed E-state index contributed by atoms with van der Waals surface area (Å²) in [5.41, 5.74) is 7.99. The summed E-state index contributed by atoms with van der Waals surface area (Å²) in [6.45, 7) is 4.28. The fraction of sp³-hybridized carbons (Fsp3) is 0.0833. The van der Waals surface area contributed by atoms with Crippen LogP contribution >= 0.6 is 0 Å². The van der Waals surface area contributed by atoms with Crippen LogP contribution < -0.4 is 4.90 Å². The van der Waals surface area contributed by atoms with E-state index in [0.717, 1.165) is 33.8 Å². The number of hydrogen-bond acceptors (Lipinski definition) is 2. The highest BCUT2D eigenvalue weighted by Crippen LogP contribution is 2.46. The van der Waals surface area contributed by atoms with Gasteiger partial charge in [-0.25, -0.2) is 0 Å². The maximum Gasteiger partial charge on any atom is 0.213 e. The molecule has 0 saturated heterocycles. The molecule has 1 aliphatic rings. The predicted molar refractivity (Wildman–Crippen MR) is 109 cm³/mol. The normalized spacial score (nSPS) is 12.8. The molecule has 3 aromatic carbocycles. The van der Waals surface area contributed by atoms with E-state index < -0.39 is 0 Å². The number of furan rings is 1. The summed E-state index contributed by atoms with van der Waals surface area (Å²) < 4.78 is 6.35. The van der Waals surface area contributed by atoms with Crippen LogP contribution in [0.4, 0.5) is 17.3 Å². The minimum absolute atomic E-state index is 0.874. The molecule has 0 unspecified atom stereocenters. The minimum atomic E-state index is 0.874. The second kappa shape index (κ2) is 5.63. The summed E-state index contributed by atoms with van der Waals surface area (Å²) >= 11 is 0. The molecular weight excluding hydrogens is 318 g/mol. The molecule has 126 valence electrons. The lowest BCUT2D eigenvalue weighted by Crippen LogP contribution is -2.12. The van der Waals surface area contributed by atoms with Crippen molar-refractivity contribution in [3.05, 3.63) is 89.0 Å². The van der Waals surface area contributed by atoms with Crippen molar-refractivity contribution in [2.24, 2.45) is 0 Å². The number of anilines is 3. The molecule has 2 heteroatoms. The monoisotopic (exact) mass is 337 g/mol. The smallest absolute Gasteiger partial charge is 0.213 e. The van der Waals surface area contributed by atoms with E-state index in [0.29, 0.717) is 0 Å². The van der Waals surface area contributed by atoms with Crippen LogP contribution in [-0.2, 0) is 0 Å². The van der Waals surface area contributed by atoms with E-state index in [1.807, 2.05) is 12.1 Å². The van der Waals surface area contributed by atoms with E-state index in [9.17, 15) is 0 Å². The van der Waals surface area contributed by atoms with Crippen molar-refractivity contribution in [2.75, 3.05) is 4.90 Å². The lowest BCUT2D eigenvalue weighted by atomic mass is 10.1. The van der Waals surface area contributed by atoms with Crippen LogP contribution in [-0.4, -0.2) is 0 Å². The van der Waals surface area contributed by atoms with Gasteiger partial charge in [0.1, 0.15) is 5.58 Å². The standard InChI is InChI=1S/C24H19NO/c1-16-11-14-21(17(2)15-16)25-22-9-5-3-7-18(22)12-13-20-19-8-4-6-10-23(19)26-24(20)25/h3-15H,1-2H3. The van der Waals surface area contributed by atoms with Gasteiger partial charge in [0.05, 0.1) is 11.4 Å². The van der Waals surface area contributed by atoms with Crippen LogP contribution in [0.2, 0.25) is 0 Å². The number of fused-ring (bicyclic) bond motifs is 4. The molecule has 0 bridgehead atoms. The fourth-order valence-electron chi connectivity index (χ4n) is 3.79. The van der Waals surface area contributed by atoms with Crippen molar-refractivity contribution in [3.63, 3.8) is 0 Å². The van der Waals surface area contributed by atoms with E-state index >= 15 is 0 Å². The first kappa shape index (κ1) is 15.0. The molecule has 0 atom stereocenters. The van der Waals surface area contributed by atoms with Crippen LogP contribution in [0.15, 0.2) is 71.1 Å². The largest absolute Gasteiger partial charge is 0.439 e. The zero-order valence-corrected chi connectivity index (χ0v) is 14.9. The number of benzene rings is 3. The van der Waals surface area contributed by atoms with E-state index in [4.69, 9.17) is 4.42 Å². The summed E-state index contributed by atoms with van der Waals surface area (Å²) in [5.74, 6) is 0.874. The molecule has 0 amide bonds. The Bertz CT molecular complexity index is 1170. The zero-order valence-electron chi connectivity index (χ0n) is 14.9. The van der Waals surface area contributed by atoms with Crippen molar-refractivity contribution < 1.29 is 4.42 Å². The quantitative estimate of drug-likeness (QED) is 0.327. The van der Waals surface area contributed by atoms with Gasteiger partial charge in [-0.05, 0) is 49.2 Å². The molecule has 0 radical (unpaired) electrons. The number of nitrogens with zero attached hydrogens (tertiary/aromatic N) is 1. The van der Waals surface area contributed by atoms with Crippen LogP contribution in [0.5, 0.6) is 0 Å². The molecular formula is C24H19NO. The van der Waals surface area contributed by atoms with Crippen LogP contribution in [0, 0.1) is 13.8 Å². The van der Waals surface area contributed by atoms with Gasteiger partial charge in [-0.1, -0.05) is 60.2 Å². The molecule has 0 fully saturated rings. The Morgan fingerprint density at radius 1 is 0.769 bits per heavy atom. The van der Waals surface area contributed by atoms with Crippen molar-refractivity contribution >= 4 is 40.4 Å². The predicted octanol–water partition coefficient (Wildman–Crippen LogP) is 7.00. The number of para-hydroxylation sites is 2. The van der Waals surface area contributed by atoms with Crippen molar-refractivity contribution in [3.8, 4) is 0 Å². The first-order chi connectivity index (χ1) is 12.7. The lowest BCUT2D eigenvalue weighted by Gasteiger charge is -2.25. The Morgan fingerprint density at radius 2 is 1.58 bits per heavy atom. The van der Waals surface area contributed by atoms with Crippen LogP contribution in [0.3, 0.4) is 0 Å². The molecule has 26 heavy (non-hydrogen) atoms. The second-order valence-electron chi connectivity index (χ2n) is 6.83. The average Bonchev–Trinajstić information content (AvgIpc) is 2.93. The van der Waals surface area contributed by atoms with Gasteiger partial charge in [0.25, 0.3) is 0 Å². The Balaban J connectivity index is 1.86. The Hall–Kier alpha value is -3.26. The summed E-state index contributed by atoms with van der Waals surface area (Å²) in [6.07, 6.45) is 4.35. The molecule has 0 saturated carbocycles. The number of aryl methyl sites for hydroxylation is 2. The number of hydrogen-bond donors (Lipinski definition) is 0. The van der Waals surface area contributed by atoms with Crippen LogP contribution in [0.1, 0.15) is 22.3 Å². The van der Waals surface area contributed by atoms with Gasteiger partial charge in [-0.3, -0.25) is 4.90 Å². The summed E-state index contributed by atoms with van der Waals surface area (Å²) in [7, 11) is 0. The SMILES string of the molecule is Cc1ccc(N2c3ccccc3C=Cc3c2oc2ccccc32)c(C)c1. The third kappa shape index (κ3) is 2.19. The molecule has 4 aromatic rings. The van der Waals surface area contributed by atoms with Gasteiger partial charge in [-0.15, -0.1) is 0 Å². The molecule has 1 aromatic heterocycles. The highest BCUT2D eigenvalue weighted by Gasteiger charge is 2.25. The zero-order chi connectivity index (χ0) is 17.7. The Kier molecular flexibility index (Phi) is 3.26. The summed E-state index contributed by atoms with van der Waals surface area (Å²) in [4.78, 5) is 2.25. The molecule has 1 aliphatic heterocycles. The third-order valence-corrected chi connectivity index (χ3v) is 5.02. The molecule has 5 rings (SSSR count). The van der Waals surface area contributed by atoms with E-state index in [2.05, 4.69) is 85.5 Å². The van der Waals surface area contributed by atoms with E-state index in [1.165, 1.54) is 16.7 Å². The maximum atomic E-state index is 6.35. The maximum absolute atomic E-state index is 6.35. The van der Waals surface area contributed by atoms with Gasteiger partial charge in [-0.2, -0.15) is 0 Å². The second-order valence-corrected chi connectivity index (χ2v) is 6.83. The average molecular weight is 337 g/mol. The molecule has 2 heterocycles. The molecule has 0 spiro atoms. The van der Waals surface area contributed by atoms with E-state index in [-0.39, 0.29) is 0 Å². The fourth-order valence-corrected chi connectivity index (χ4v) is 3.79. The first-order valence-electron chi connectivity index (χ1n) is 8.88. The van der Waals surface area contributed by atoms with Gasteiger partial charge in [0.15, 0.2) is 0 Å². The minimum Gasteiger partial charge on any atom is -0.439 e. The number of rotatable bonds is 1. The summed E-state index contributed by atoms with van der Waals surface area (Å²) in [5, 5.41) is 1.14. The highest BCUT2D eigenvalue weighted by molar-refractivity contribution is 6.01. The lowest BCUT2D eigenvalue weighted by molar-refractivity contribution is 0.620. The van der Waals surface area contributed by atoms with E-state index in [1.54, 1.807) is 0 Å². The molecule has 0 aliphatic carbocycles. The Labute approximate surface area is 153 Å². The summed E-state index contributed by atoms with van der Waals surface area (Å²) in [6, 6.07) is 23.3. The van der Waals surface area contributed by atoms with Gasteiger partial charge in [0, 0.05) is 10.9 Å². The van der Waals surface area contributed by atoms with Crippen LogP contribution in [0.25, 0.3) is 23.1 Å². The van der Waals surface area contributed by atoms with Gasteiger partial charge >= 0.3 is 0 Å². The third-order valence-electron chi connectivity index (χ3n) is 5.02. The van der Waals surface area contributed by atoms with Crippen molar-refractivity contribution in [1.29, 1.82) is 0 Å². The van der Waals surface area contributed by atoms with Crippen molar-refractivity contribution in [2.45, 2.75) is 13.8 Å². The molecule has 0 N–H and O–H groups in total. The van der Waals surface area contributed by atoms with Gasteiger partial charge < -0.3 is 4.42 Å². The topological polar surface area (TPSA) is 16.4 Å². The Morgan fingerprint density at radius 3 is 2.46 bits per heavy atom.